The van der Waals surface area contributed by atoms with Gasteiger partial charge >= 0.3 is 0 Å². The highest BCUT2D eigenvalue weighted by atomic mass is 32.1. The van der Waals surface area contributed by atoms with E-state index in [2.05, 4.69) is 4.98 Å². The third-order valence-corrected chi connectivity index (χ3v) is 3.97. The van der Waals surface area contributed by atoms with E-state index in [9.17, 15) is 9.18 Å². The molecule has 7 heteroatoms. The minimum absolute atomic E-state index is 0.0941. The molecule has 5 nitrogen and oxygen atoms in total. The van der Waals surface area contributed by atoms with E-state index in [1.807, 2.05) is 9.47 Å². The quantitative estimate of drug-likeness (QED) is 0.883. The Hall–Kier alpha value is -1.73. The summed E-state index contributed by atoms with van der Waals surface area (Å²) in [4.78, 5) is 16.9. The Morgan fingerprint density at radius 1 is 1.38 bits per heavy atom. The molecule has 1 aromatic heterocycles. The molecule has 0 unspecified atom stereocenters. The lowest BCUT2D eigenvalue weighted by molar-refractivity contribution is -0.135. The van der Waals surface area contributed by atoms with Crippen LogP contribution < -0.4 is 0 Å². The number of aromatic nitrogens is 2. The minimum Gasteiger partial charge on any atom is -0.378 e. The molecule has 1 saturated heterocycles. The first-order valence-corrected chi connectivity index (χ1v) is 7.29. The molecule has 1 fully saturated rings. The van der Waals surface area contributed by atoms with Crippen LogP contribution in [0.3, 0.4) is 0 Å². The van der Waals surface area contributed by atoms with Crippen LogP contribution in [0.25, 0.3) is 11.0 Å². The molecule has 3 rings (SSSR count). The first-order valence-electron chi connectivity index (χ1n) is 6.89. The predicted octanol–water partition coefficient (Wildman–Crippen LogP) is 2.09. The van der Waals surface area contributed by atoms with Gasteiger partial charge < -0.3 is 19.2 Å². The second-order valence-electron chi connectivity index (χ2n) is 4.99. The van der Waals surface area contributed by atoms with E-state index in [4.69, 9.17) is 17.0 Å². The fraction of sp³-hybridized carbons (Fsp3) is 0.429. The molecule has 112 valence electrons. The zero-order valence-corrected chi connectivity index (χ0v) is 12.3. The number of carbonyl (C=O) groups is 1. The number of ether oxygens (including phenoxy) is 1. The molecule has 1 aromatic carbocycles. The highest BCUT2D eigenvalue weighted by molar-refractivity contribution is 7.71. The molecule has 0 radical (unpaired) electrons. The van der Waals surface area contributed by atoms with E-state index in [0.29, 0.717) is 49.6 Å². The van der Waals surface area contributed by atoms with Gasteiger partial charge in [-0.25, -0.2) is 4.39 Å². The average Bonchev–Trinajstić information content (AvgIpc) is 2.80. The standard InChI is InChI=1S/C14H16FN3O2S/c15-10-1-2-12-11(9-10)16-14(21)18(12)4-3-13(19)17-5-7-20-8-6-17/h1-2,9H,3-8H2,(H,16,21). The zero-order chi connectivity index (χ0) is 14.8. The Morgan fingerprint density at radius 2 is 2.14 bits per heavy atom. The van der Waals surface area contributed by atoms with Gasteiger partial charge in [-0.3, -0.25) is 4.79 Å². The van der Waals surface area contributed by atoms with Gasteiger partial charge in [0.15, 0.2) is 4.77 Å². The van der Waals surface area contributed by atoms with Crippen molar-refractivity contribution >= 4 is 29.2 Å². The summed E-state index contributed by atoms with van der Waals surface area (Å²) < 4.78 is 20.8. The molecule has 0 bridgehead atoms. The van der Waals surface area contributed by atoms with Gasteiger partial charge in [0.1, 0.15) is 5.82 Å². The number of nitrogens with zero attached hydrogens (tertiary/aromatic N) is 2. The maximum Gasteiger partial charge on any atom is 0.224 e. The van der Waals surface area contributed by atoms with Gasteiger partial charge in [-0.15, -0.1) is 0 Å². The third kappa shape index (κ3) is 2.98. The van der Waals surface area contributed by atoms with E-state index in [-0.39, 0.29) is 11.7 Å². The Labute approximate surface area is 126 Å². The molecule has 0 saturated carbocycles. The molecule has 1 amide bonds. The van der Waals surface area contributed by atoms with Crippen molar-refractivity contribution < 1.29 is 13.9 Å². The maximum absolute atomic E-state index is 13.2. The summed E-state index contributed by atoms with van der Waals surface area (Å²) in [5.41, 5.74) is 1.47. The number of carbonyl (C=O) groups excluding carboxylic acids is 1. The molecule has 1 aliphatic rings. The van der Waals surface area contributed by atoms with Gasteiger partial charge in [-0.2, -0.15) is 0 Å². The van der Waals surface area contributed by atoms with Crippen molar-refractivity contribution in [2.75, 3.05) is 26.3 Å². The van der Waals surface area contributed by atoms with Crippen LogP contribution in [0.1, 0.15) is 6.42 Å². The van der Waals surface area contributed by atoms with Crippen LogP contribution in [-0.4, -0.2) is 46.7 Å². The highest BCUT2D eigenvalue weighted by Crippen LogP contribution is 2.16. The lowest BCUT2D eigenvalue weighted by Gasteiger charge is -2.26. The fourth-order valence-corrected chi connectivity index (χ4v) is 2.84. The summed E-state index contributed by atoms with van der Waals surface area (Å²) in [6.45, 7) is 2.96. The van der Waals surface area contributed by atoms with Gasteiger partial charge in [0.25, 0.3) is 0 Å². The number of hydrogen-bond donors (Lipinski definition) is 1. The summed E-state index contributed by atoms with van der Waals surface area (Å²) in [7, 11) is 0. The number of halogens is 1. The van der Waals surface area contributed by atoms with E-state index >= 15 is 0 Å². The Morgan fingerprint density at radius 3 is 2.90 bits per heavy atom. The maximum atomic E-state index is 13.2. The van der Waals surface area contributed by atoms with E-state index in [0.717, 1.165) is 5.52 Å². The molecule has 21 heavy (non-hydrogen) atoms. The number of aromatic amines is 1. The Kier molecular flexibility index (Phi) is 4.03. The lowest BCUT2D eigenvalue weighted by Crippen LogP contribution is -2.40. The van der Waals surface area contributed by atoms with E-state index < -0.39 is 0 Å². The number of fused-ring (bicyclic) bond motifs is 1. The van der Waals surface area contributed by atoms with Crippen molar-refractivity contribution in [3.8, 4) is 0 Å². The van der Waals surface area contributed by atoms with Crippen LogP contribution in [0.2, 0.25) is 0 Å². The van der Waals surface area contributed by atoms with Gasteiger partial charge in [-0.05, 0) is 30.4 Å². The predicted molar refractivity (Wildman–Crippen MR) is 79.1 cm³/mol. The smallest absolute Gasteiger partial charge is 0.224 e. The number of nitrogens with one attached hydrogen (secondary N) is 1. The number of amides is 1. The van der Waals surface area contributed by atoms with Gasteiger partial charge in [0, 0.05) is 26.1 Å². The molecule has 0 aliphatic carbocycles. The first-order chi connectivity index (χ1) is 10.1. The van der Waals surface area contributed by atoms with E-state index in [1.165, 1.54) is 12.1 Å². The Bertz CT molecular complexity index is 719. The topological polar surface area (TPSA) is 50.3 Å². The third-order valence-electron chi connectivity index (χ3n) is 3.65. The molecule has 2 heterocycles. The number of rotatable bonds is 3. The van der Waals surface area contributed by atoms with Crippen LogP contribution in [0, 0.1) is 10.6 Å². The largest absolute Gasteiger partial charge is 0.378 e. The van der Waals surface area contributed by atoms with Crippen molar-refractivity contribution in [2.45, 2.75) is 13.0 Å². The summed E-state index contributed by atoms with van der Waals surface area (Å²) in [6, 6.07) is 4.48. The molecule has 1 N–H and O–H groups in total. The number of morpholine rings is 1. The normalized spacial score (nSPS) is 15.6. The Balaban J connectivity index is 1.74. The summed E-state index contributed by atoms with van der Waals surface area (Å²) in [5, 5.41) is 0. The highest BCUT2D eigenvalue weighted by Gasteiger charge is 2.17. The van der Waals surface area contributed by atoms with Crippen molar-refractivity contribution in [3.05, 3.63) is 28.8 Å². The molecule has 0 spiro atoms. The minimum atomic E-state index is -0.310. The number of aryl methyl sites for hydroxylation is 1. The number of hydrogen-bond acceptors (Lipinski definition) is 3. The molecule has 0 atom stereocenters. The molecule has 1 aliphatic heterocycles. The summed E-state index contributed by atoms with van der Waals surface area (Å²) >= 11 is 5.24. The fourth-order valence-electron chi connectivity index (χ4n) is 2.54. The summed E-state index contributed by atoms with van der Waals surface area (Å²) in [5.74, 6) is -0.216. The number of imidazole rings is 1. The zero-order valence-electron chi connectivity index (χ0n) is 11.5. The number of benzene rings is 1. The van der Waals surface area contributed by atoms with Crippen LogP contribution in [0.5, 0.6) is 0 Å². The SMILES string of the molecule is O=C(CCn1c(=S)[nH]c2cc(F)ccc21)N1CCOCC1. The van der Waals surface area contributed by atoms with Crippen molar-refractivity contribution in [1.82, 2.24) is 14.5 Å². The second-order valence-corrected chi connectivity index (χ2v) is 5.37. The average molecular weight is 309 g/mol. The van der Waals surface area contributed by atoms with Gasteiger partial charge in [0.2, 0.25) is 5.91 Å². The van der Waals surface area contributed by atoms with Crippen molar-refractivity contribution in [2.24, 2.45) is 0 Å². The molecular weight excluding hydrogens is 293 g/mol. The van der Waals surface area contributed by atoms with Crippen LogP contribution in [0.4, 0.5) is 4.39 Å². The van der Waals surface area contributed by atoms with Crippen molar-refractivity contribution in [1.29, 1.82) is 0 Å². The monoisotopic (exact) mass is 309 g/mol. The number of H-pyrrole nitrogens is 1. The van der Waals surface area contributed by atoms with Crippen molar-refractivity contribution in [3.63, 3.8) is 0 Å². The van der Waals surface area contributed by atoms with Crippen LogP contribution >= 0.6 is 12.2 Å². The molecule has 2 aromatic rings. The van der Waals surface area contributed by atoms with Crippen LogP contribution in [-0.2, 0) is 16.1 Å². The molecular formula is C14H16FN3O2S. The second kappa shape index (κ2) is 5.95. The summed E-state index contributed by atoms with van der Waals surface area (Å²) in [6.07, 6.45) is 0.374. The van der Waals surface area contributed by atoms with Gasteiger partial charge in [-0.1, -0.05) is 0 Å². The lowest BCUT2D eigenvalue weighted by atomic mass is 10.3. The van der Waals surface area contributed by atoms with E-state index in [1.54, 1.807) is 6.07 Å². The van der Waals surface area contributed by atoms with Crippen LogP contribution in [0.15, 0.2) is 18.2 Å². The first kappa shape index (κ1) is 14.2. The van der Waals surface area contributed by atoms with Gasteiger partial charge in [0.05, 0.1) is 24.2 Å².